The summed E-state index contributed by atoms with van der Waals surface area (Å²) in [5.74, 6) is -0.932. The van der Waals surface area contributed by atoms with E-state index >= 15 is 0 Å². The van der Waals surface area contributed by atoms with Crippen molar-refractivity contribution >= 4 is 11.9 Å². The third-order valence-corrected chi connectivity index (χ3v) is 2.02. The molecule has 0 radical (unpaired) electrons. The van der Waals surface area contributed by atoms with E-state index in [9.17, 15) is 9.59 Å². The van der Waals surface area contributed by atoms with Crippen LogP contribution in [-0.2, 0) is 14.3 Å². The predicted octanol–water partition coefficient (Wildman–Crippen LogP) is 0.663. The van der Waals surface area contributed by atoms with Crippen molar-refractivity contribution < 1.29 is 19.1 Å². The van der Waals surface area contributed by atoms with Gasteiger partial charge in [0.15, 0.2) is 0 Å². The number of ether oxygens (including phenoxy) is 2. The molecule has 5 nitrogen and oxygen atoms in total. The minimum atomic E-state index is -0.902. The van der Waals surface area contributed by atoms with Crippen molar-refractivity contribution in [2.75, 3.05) is 20.3 Å². The molecule has 0 aromatic heterocycles. The molecule has 5 heteroatoms. The van der Waals surface area contributed by atoms with Gasteiger partial charge in [0.1, 0.15) is 12.4 Å². The number of aryl methyl sites for hydroxylation is 1. The van der Waals surface area contributed by atoms with Crippen LogP contribution in [0, 0.1) is 6.92 Å². The monoisotopic (exact) mass is 237 g/mol. The molecular weight excluding hydrogens is 222 g/mol. The summed E-state index contributed by atoms with van der Waals surface area (Å²) in [6.07, 6.45) is 0. The lowest BCUT2D eigenvalue weighted by Gasteiger charge is -2.07. The van der Waals surface area contributed by atoms with E-state index in [-0.39, 0.29) is 6.54 Å². The molecule has 1 aromatic carbocycles. The van der Waals surface area contributed by atoms with Crippen molar-refractivity contribution in [2.45, 2.75) is 6.92 Å². The quantitative estimate of drug-likeness (QED) is 0.474. The van der Waals surface area contributed by atoms with Gasteiger partial charge < -0.3 is 14.8 Å². The second-order valence-electron chi connectivity index (χ2n) is 3.41. The van der Waals surface area contributed by atoms with E-state index < -0.39 is 11.9 Å². The summed E-state index contributed by atoms with van der Waals surface area (Å²) in [4.78, 5) is 21.7. The second-order valence-corrected chi connectivity index (χ2v) is 3.41. The molecule has 1 aromatic rings. The van der Waals surface area contributed by atoms with Crippen LogP contribution in [-0.4, -0.2) is 32.1 Å². The van der Waals surface area contributed by atoms with Gasteiger partial charge in [-0.3, -0.25) is 4.79 Å². The Morgan fingerprint density at radius 1 is 1.35 bits per heavy atom. The molecule has 0 aliphatic rings. The molecule has 0 saturated carbocycles. The van der Waals surface area contributed by atoms with Crippen molar-refractivity contribution in [3.05, 3.63) is 29.8 Å². The highest BCUT2D eigenvalue weighted by Gasteiger charge is 2.11. The lowest BCUT2D eigenvalue weighted by Crippen LogP contribution is -2.34. The molecule has 0 bridgehead atoms. The minimum Gasteiger partial charge on any atom is -0.492 e. The number of esters is 1. The van der Waals surface area contributed by atoms with E-state index in [1.807, 2.05) is 31.2 Å². The molecule has 1 amide bonds. The molecule has 0 atom stereocenters. The van der Waals surface area contributed by atoms with Gasteiger partial charge in [-0.05, 0) is 24.6 Å². The molecule has 0 unspecified atom stereocenters. The summed E-state index contributed by atoms with van der Waals surface area (Å²) in [6.45, 7) is 2.51. The van der Waals surface area contributed by atoms with Crippen LogP contribution in [0.5, 0.6) is 5.75 Å². The Morgan fingerprint density at radius 3 is 2.76 bits per heavy atom. The molecule has 92 valence electrons. The van der Waals surface area contributed by atoms with Gasteiger partial charge in [-0.2, -0.15) is 0 Å². The molecule has 0 saturated heterocycles. The van der Waals surface area contributed by atoms with E-state index in [0.717, 1.165) is 18.4 Å². The molecule has 1 rings (SSSR count). The highest BCUT2D eigenvalue weighted by molar-refractivity contribution is 6.32. The molecule has 0 fully saturated rings. The van der Waals surface area contributed by atoms with E-state index in [1.54, 1.807) is 0 Å². The SMILES string of the molecule is COC(=O)C(=O)NCCOc1cccc(C)c1. The van der Waals surface area contributed by atoms with Gasteiger partial charge in [0.05, 0.1) is 13.7 Å². The third kappa shape index (κ3) is 4.55. The number of hydrogen-bond donors (Lipinski definition) is 1. The Kier molecular flexibility index (Phi) is 5.00. The summed E-state index contributed by atoms with van der Waals surface area (Å²) in [5, 5.41) is 2.38. The van der Waals surface area contributed by atoms with Crippen molar-refractivity contribution in [3.63, 3.8) is 0 Å². The number of benzene rings is 1. The zero-order chi connectivity index (χ0) is 12.7. The lowest BCUT2D eigenvalue weighted by molar-refractivity contribution is -0.152. The van der Waals surface area contributed by atoms with Crippen LogP contribution in [0.2, 0.25) is 0 Å². The average molecular weight is 237 g/mol. The smallest absolute Gasteiger partial charge is 0.396 e. The minimum absolute atomic E-state index is 0.252. The van der Waals surface area contributed by atoms with Gasteiger partial charge >= 0.3 is 11.9 Å². The summed E-state index contributed by atoms with van der Waals surface area (Å²) < 4.78 is 9.64. The number of carbonyl (C=O) groups is 2. The Labute approximate surface area is 99.7 Å². The maximum atomic E-state index is 11.0. The molecular formula is C12H15NO4. The van der Waals surface area contributed by atoms with Crippen LogP contribution in [0.25, 0.3) is 0 Å². The Bertz CT molecular complexity index is 403. The van der Waals surface area contributed by atoms with Gasteiger partial charge in [-0.1, -0.05) is 12.1 Å². The number of hydrogen-bond acceptors (Lipinski definition) is 4. The summed E-state index contributed by atoms with van der Waals surface area (Å²) in [7, 11) is 1.16. The van der Waals surface area contributed by atoms with Gasteiger partial charge in [-0.15, -0.1) is 0 Å². The van der Waals surface area contributed by atoms with Crippen molar-refractivity contribution in [2.24, 2.45) is 0 Å². The van der Waals surface area contributed by atoms with E-state index in [4.69, 9.17) is 4.74 Å². The number of amides is 1. The first-order chi connectivity index (χ1) is 8.13. The van der Waals surface area contributed by atoms with Gasteiger partial charge in [0, 0.05) is 0 Å². The summed E-state index contributed by atoms with van der Waals surface area (Å²) in [6, 6.07) is 7.57. The fourth-order valence-corrected chi connectivity index (χ4v) is 1.20. The van der Waals surface area contributed by atoms with Crippen LogP contribution in [0.15, 0.2) is 24.3 Å². The van der Waals surface area contributed by atoms with Crippen LogP contribution in [0.4, 0.5) is 0 Å². The van der Waals surface area contributed by atoms with Crippen LogP contribution in [0.1, 0.15) is 5.56 Å². The normalized spacial score (nSPS) is 9.53. The maximum absolute atomic E-state index is 11.0. The topological polar surface area (TPSA) is 64.6 Å². The molecule has 0 aliphatic carbocycles. The van der Waals surface area contributed by atoms with Gasteiger partial charge in [-0.25, -0.2) is 4.79 Å². The fourth-order valence-electron chi connectivity index (χ4n) is 1.20. The molecule has 0 heterocycles. The third-order valence-electron chi connectivity index (χ3n) is 2.02. The van der Waals surface area contributed by atoms with Crippen molar-refractivity contribution in [1.82, 2.24) is 5.32 Å². The second kappa shape index (κ2) is 6.52. The Morgan fingerprint density at radius 2 is 2.12 bits per heavy atom. The molecule has 0 aliphatic heterocycles. The number of rotatable bonds is 4. The fraction of sp³-hybridized carbons (Fsp3) is 0.333. The molecule has 17 heavy (non-hydrogen) atoms. The Balaban J connectivity index is 2.25. The average Bonchev–Trinajstić information content (AvgIpc) is 2.33. The number of nitrogens with one attached hydrogen (secondary N) is 1. The van der Waals surface area contributed by atoms with Crippen molar-refractivity contribution in [3.8, 4) is 5.75 Å². The van der Waals surface area contributed by atoms with Gasteiger partial charge in [0.25, 0.3) is 0 Å². The first-order valence-electron chi connectivity index (χ1n) is 5.19. The van der Waals surface area contributed by atoms with E-state index in [2.05, 4.69) is 10.1 Å². The van der Waals surface area contributed by atoms with Crippen molar-refractivity contribution in [1.29, 1.82) is 0 Å². The standard InChI is InChI=1S/C12H15NO4/c1-9-4-3-5-10(8-9)17-7-6-13-11(14)12(15)16-2/h3-5,8H,6-7H2,1-2H3,(H,13,14). The molecule has 0 spiro atoms. The van der Waals surface area contributed by atoms with Crippen LogP contribution in [0.3, 0.4) is 0 Å². The first kappa shape index (κ1) is 13.0. The first-order valence-corrected chi connectivity index (χ1v) is 5.19. The number of carbonyl (C=O) groups excluding carboxylic acids is 2. The maximum Gasteiger partial charge on any atom is 0.396 e. The highest BCUT2D eigenvalue weighted by atomic mass is 16.5. The van der Waals surface area contributed by atoms with E-state index in [0.29, 0.717) is 6.61 Å². The number of methoxy groups -OCH3 is 1. The highest BCUT2D eigenvalue weighted by Crippen LogP contribution is 2.11. The van der Waals surface area contributed by atoms with Crippen LogP contribution < -0.4 is 10.1 Å². The summed E-state index contributed by atoms with van der Waals surface area (Å²) in [5.41, 5.74) is 1.10. The largest absolute Gasteiger partial charge is 0.492 e. The predicted molar refractivity (Wildman–Crippen MR) is 61.7 cm³/mol. The van der Waals surface area contributed by atoms with E-state index in [1.165, 1.54) is 0 Å². The van der Waals surface area contributed by atoms with Crippen LogP contribution >= 0.6 is 0 Å². The zero-order valence-electron chi connectivity index (χ0n) is 9.86. The molecule has 1 N–H and O–H groups in total. The van der Waals surface area contributed by atoms with Gasteiger partial charge in [0.2, 0.25) is 0 Å². The Hall–Kier alpha value is -2.04. The summed E-state index contributed by atoms with van der Waals surface area (Å²) >= 11 is 0. The zero-order valence-corrected chi connectivity index (χ0v) is 9.86. The lowest BCUT2D eigenvalue weighted by atomic mass is 10.2.